The number of unbranched alkanes of at least 4 members (excludes halogenated alkanes) is 1. The largest absolute Gasteiger partial charge is 0.396 e. The molecule has 20 heavy (non-hydrogen) atoms. The van der Waals surface area contributed by atoms with Crippen LogP contribution in [0.4, 0.5) is 10.7 Å². The molecule has 1 heterocycles. The molecule has 1 aliphatic rings. The van der Waals surface area contributed by atoms with Crippen molar-refractivity contribution >= 4 is 39.7 Å². The molecule has 1 fully saturated rings. The second-order valence-electron chi connectivity index (χ2n) is 5.21. The van der Waals surface area contributed by atoms with Gasteiger partial charge in [0.1, 0.15) is 9.88 Å². The van der Waals surface area contributed by atoms with Gasteiger partial charge in [-0.1, -0.05) is 13.3 Å². The summed E-state index contributed by atoms with van der Waals surface area (Å²) in [5, 5.41) is 4.14. The van der Waals surface area contributed by atoms with E-state index in [0.717, 1.165) is 42.1 Å². The number of thioether (sulfide) groups is 1. The molecule has 0 atom stereocenters. The third kappa shape index (κ3) is 3.41. The molecule has 0 saturated heterocycles. The average molecular weight is 313 g/mol. The maximum Gasteiger partial charge on any atom is 0.263 e. The molecule has 1 aromatic rings. The van der Waals surface area contributed by atoms with Gasteiger partial charge in [0.2, 0.25) is 0 Å². The predicted octanol–water partition coefficient (Wildman–Crippen LogP) is 3.18. The number of nitrogens with two attached hydrogens (primary N) is 1. The highest BCUT2D eigenvalue weighted by molar-refractivity contribution is 7.99. The second kappa shape index (κ2) is 6.72. The van der Waals surface area contributed by atoms with E-state index in [1.807, 2.05) is 6.26 Å². The van der Waals surface area contributed by atoms with Gasteiger partial charge in [-0.2, -0.15) is 0 Å². The Morgan fingerprint density at radius 3 is 2.80 bits per heavy atom. The van der Waals surface area contributed by atoms with Crippen LogP contribution in [0.3, 0.4) is 0 Å². The quantitative estimate of drug-likeness (QED) is 0.759. The van der Waals surface area contributed by atoms with Crippen molar-refractivity contribution in [2.45, 2.75) is 43.5 Å². The number of hydrogen-bond acceptors (Lipinski definition) is 5. The molecule has 0 aliphatic heterocycles. The topological polar surface area (TPSA) is 58.4 Å². The van der Waals surface area contributed by atoms with Crippen LogP contribution in [0.25, 0.3) is 0 Å². The highest BCUT2D eigenvalue weighted by Gasteiger charge is 2.28. The smallest absolute Gasteiger partial charge is 0.263 e. The van der Waals surface area contributed by atoms with E-state index >= 15 is 0 Å². The molecule has 2 rings (SSSR count). The van der Waals surface area contributed by atoms with Crippen molar-refractivity contribution in [3.8, 4) is 0 Å². The minimum absolute atomic E-state index is 0.0135. The van der Waals surface area contributed by atoms with Gasteiger partial charge in [0, 0.05) is 19.6 Å². The van der Waals surface area contributed by atoms with Crippen molar-refractivity contribution in [1.82, 2.24) is 5.32 Å². The molecule has 3 N–H and O–H groups in total. The molecule has 1 aromatic heterocycles. The van der Waals surface area contributed by atoms with Gasteiger partial charge in [0.25, 0.3) is 5.91 Å². The van der Waals surface area contributed by atoms with Crippen LogP contribution < -0.4 is 16.0 Å². The van der Waals surface area contributed by atoms with E-state index in [1.165, 1.54) is 11.3 Å². The SMILES string of the molecule is CCCCN(C)c1sc(C(=O)NC2CC2)c(N)c1SC. The van der Waals surface area contributed by atoms with E-state index < -0.39 is 0 Å². The van der Waals surface area contributed by atoms with Gasteiger partial charge in [-0.3, -0.25) is 4.79 Å². The Balaban J connectivity index is 2.20. The van der Waals surface area contributed by atoms with Crippen LogP contribution in [0.5, 0.6) is 0 Å². The molecule has 1 saturated carbocycles. The highest BCUT2D eigenvalue weighted by atomic mass is 32.2. The molecule has 0 radical (unpaired) electrons. The fraction of sp³-hybridized carbons (Fsp3) is 0.643. The summed E-state index contributed by atoms with van der Waals surface area (Å²) in [6, 6.07) is 0.364. The van der Waals surface area contributed by atoms with Crippen molar-refractivity contribution < 1.29 is 4.79 Å². The number of nitrogens with zero attached hydrogens (tertiary/aromatic N) is 1. The number of nitrogen functional groups attached to an aromatic ring is 1. The standard InChI is InChI=1S/C14H23N3OS2/c1-4-5-8-17(2)14-12(19-3)10(15)11(20-14)13(18)16-9-6-7-9/h9H,4-8,15H2,1-3H3,(H,16,18). The lowest BCUT2D eigenvalue weighted by molar-refractivity contribution is 0.0956. The first-order chi connectivity index (χ1) is 9.58. The third-order valence-electron chi connectivity index (χ3n) is 3.40. The number of thiophene rings is 1. The van der Waals surface area contributed by atoms with E-state index in [-0.39, 0.29) is 5.91 Å². The Hall–Kier alpha value is -0.880. The van der Waals surface area contributed by atoms with Crippen molar-refractivity contribution in [2.75, 3.05) is 30.5 Å². The number of hydrogen-bond donors (Lipinski definition) is 2. The predicted molar refractivity (Wildman–Crippen MR) is 89.2 cm³/mol. The van der Waals surface area contributed by atoms with Crippen LogP contribution in [0, 0.1) is 0 Å². The van der Waals surface area contributed by atoms with E-state index in [2.05, 4.69) is 24.2 Å². The summed E-state index contributed by atoms with van der Waals surface area (Å²) in [6.07, 6.45) is 6.50. The number of anilines is 2. The zero-order valence-corrected chi connectivity index (χ0v) is 14.0. The van der Waals surface area contributed by atoms with E-state index in [1.54, 1.807) is 11.8 Å². The summed E-state index contributed by atoms with van der Waals surface area (Å²) in [7, 11) is 2.07. The summed E-state index contributed by atoms with van der Waals surface area (Å²) in [4.78, 5) is 16.1. The van der Waals surface area contributed by atoms with Crippen molar-refractivity contribution in [3.05, 3.63) is 4.88 Å². The number of carbonyl (C=O) groups excluding carboxylic acids is 1. The van der Waals surface area contributed by atoms with Gasteiger partial charge in [-0.25, -0.2) is 0 Å². The monoisotopic (exact) mass is 313 g/mol. The van der Waals surface area contributed by atoms with Crippen molar-refractivity contribution in [2.24, 2.45) is 0 Å². The van der Waals surface area contributed by atoms with E-state index in [0.29, 0.717) is 16.6 Å². The van der Waals surface area contributed by atoms with Crippen LogP contribution in [0.15, 0.2) is 4.90 Å². The fourth-order valence-electron chi connectivity index (χ4n) is 2.01. The average Bonchev–Trinajstić information content (AvgIpc) is 3.17. The minimum Gasteiger partial charge on any atom is -0.396 e. The van der Waals surface area contributed by atoms with Gasteiger partial charge in [0.15, 0.2) is 0 Å². The maximum atomic E-state index is 12.2. The Kier molecular flexibility index (Phi) is 5.21. The lowest BCUT2D eigenvalue weighted by Gasteiger charge is -2.18. The lowest BCUT2D eigenvalue weighted by Crippen LogP contribution is -2.25. The van der Waals surface area contributed by atoms with Crippen molar-refractivity contribution in [3.63, 3.8) is 0 Å². The number of amides is 1. The highest BCUT2D eigenvalue weighted by Crippen LogP contribution is 2.43. The fourth-order valence-corrected chi connectivity index (χ4v) is 4.11. The van der Waals surface area contributed by atoms with E-state index in [4.69, 9.17) is 5.73 Å². The zero-order chi connectivity index (χ0) is 14.7. The summed E-state index contributed by atoms with van der Waals surface area (Å²) in [6.45, 7) is 3.17. The molecule has 0 spiro atoms. The van der Waals surface area contributed by atoms with Crippen LogP contribution in [-0.2, 0) is 0 Å². The van der Waals surface area contributed by atoms with Crippen LogP contribution in [0.2, 0.25) is 0 Å². The molecule has 1 aliphatic carbocycles. The summed E-state index contributed by atoms with van der Waals surface area (Å²) < 4.78 is 0. The summed E-state index contributed by atoms with van der Waals surface area (Å²) in [5.74, 6) is -0.0135. The molecule has 0 bridgehead atoms. The van der Waals surface area contributed by atoms with Gasteiger partial charge in [-0.15, -0.1) is 23.1 Å². The molecule has 4 nitrogen and oxygen atoms in total. The van der Waals surface area contributed by atoms with Crippen LogP contribution in [-0.4, -0.2) is 31.8 Å². The molecular weight excluding hydrogens is 290 g/mol. The second-order valence-corrected chi connectivity index (χ2v) is 7.02. The normalized spacial score (nSPS) is 14.3. The van der Waals surface area contributed by atoms with Gasteiger partial charge < -0.3 is 16.0 Å². The van der Waals surface area contributed by atoms with Gasteiger partial charge in [0.05, 0.1) is 10.6 Å². The molecule has 0 unspecified atom stereocenters. The number of nitrogens with one attached hydrogen (secondary N) is 1. The Morgan fingerprint density at radius 2 is 2.25 bits per heavy atom. The maximum absolute atomic E-state index is 12.2. The molecular formula is C14H23N3OS2. The van der Waals surface area contributed by atoms with E-state index in [9.17, 15) is 4.79 Å². The Morgan fingerprint density at radius 1 is 1.55 bits per heavy atom. The molecule has 112 valence electrons. The minimum atomic E-state index is -0.0135. The third-order valence-corrected chi connectivity index (χ3v) is 5.67. The lowest BCUT2D eigenvalue weighted by atomic mass is 10.3. The molecule has 6 heteroatoms. The molecule has 0 aromatic carbocycles. The van der Waals surface area contributed by atoms with Crippen LogP contribution >= 0.6 is 23.1 Å². The van der Waals surface area contributed by atoms with Crippen LogP contribution in [0.1, 0.15) is 42.3 Å². The van der Waals surface area contributed by atoms with Gasteiger partial charge >= 0.3 is 0 Å². The first-order valence-electron chi connectivity index (χ1n) is 7.06. The van der Waals surface area contributed by atoms with Gasteiger partial charge in [-0.05, 0) is 25.5 Å². The molecule has 1 amide bonds. The van der Waals surface area contributed by atoms with Crippen molar-refractivity contribution in [1.29, 1.82) is 0 Å². The Labute approximate surface area is 129 Å². The number of carbonyl (C=O) groups is 1. The zero-order valence-electron chi connectivity index (χ0n) is 12.4. The number of rotatable bonds is 7. The summed E-state index contributed by atoms with van der Waals surface area (Å²) >= 11 is 3.14. The summed E-state index contributed by atoms with van der Waals surface area (Å²) in [5.41, 5.74) is 6.82. The first kappa shape index (κ1) is 15.5. The first-order valence-corrected chi connectivity index (χ1v) is 9.10. The Bertz CT molecular complexity index is 483.